The zero-order valence-corrected chi connectivity index (χ0v) is 10.8. The van der Waals surface area contributed by atoms with E-state index in [0.29, 0.717) is 5.75 Å². The number of carbonyl (C=O) groups excluding carboxylic acids is 1. The van der Waals surface area contributed by atoms with Gasteiger partial charge in [-0.1, -0.05) is 6.07 Å². The Labute approximate surface area is 107 Å². The molecule has 17 heavy (non-hydrogen) atoms. The maximum Gasteiger partial charge on any atom is 0.258 e. The normalized spacial score (nSPS) is 12.4. The largest absolute Gasteiger partial charge is 0.480 e. The number of aromatic nitrogens is 1. The van der Waals surface area contributed by atoms with Gasteiger partial charge >= 0.3 is 0 Å². The van der Waals surface area contributed by atoms with Crippen LogP contribution in [0.3, 0.4) is 0 Å². The molecule has 0 bridgehead atoms. The SMILES string of the molecule is CC(Oc1ccc2ncccc2c1Br)C(N)=O. The summed E-state index contributed by atoms with van der Waals surface area (Å²) in [6.45, 7) is 1.61. The molecule has 2 aromatic rings. The monoisotopic (exact) mass is 294 g/mol. The summed E-state index contributed by atoms with van der Waals surface area (Å²) in [5.74, 6) is 0.0833. The number of halogens is 1. The minimum atomic E-state index is -0.666. The van der Waals surface area contributed by atoms with Gasteiger partial charge in [0.2, 0.25) is 0 Å². The lowest BCUT2D eigenvalue weighted by molar-refractivity contribution is -0.123. The average Bonchev–Trinajstić information content (AvgIpc) is 2.33. The highest BCUT2D eigenvalue weighted by molar-refractivity contribution is 9.10. The van der Waals surface area contributed by atoms with Gasteiger partial charge in [0.25, 0.3) is 5.91 Å². The Bertz CT molecular complexity index is 571. The molecule has 0 aliphatic rings. The van der Waals surface area contributed by atoms with E-state index in [1.165, 1.54) is 0 Å². The van der Waals surface area contributed by atoms with Crippen LogP contribution >= 0.6 is 15.9 Å². The van der Waals surface area contributed by atoms with E-state index in [1.54, 1.807) is 19.2 Å². The van der Waals surface area contributed by atoms with Crippen molar-refractivity contribution in [3.63, 3.8) is 0 Å². The number of amides is 1. The van der Waals surface area contributed by atoms with E-state index in [-0.39, 0.29) is 0 Å². The maximum absolute atomic E-state index is 10.9. The van der Waals surface area contributed by atoms with Crippen LogP contribution in [0.4, 0.5) is 0 Å². The summed E-state index contributed by atoms with van der Waals surface area (Å²) in [4.78, 5) is 15.2. The van der Waals surface area contributed by atoms with Crippen LogP contribution < -0.4 is 10.5 Å². The lowest BCUT2D eigenvalue weighted by Gasteiger charge is -2.13. The van der Waals surface area contributed by atoms with Crippen LogP contribution in [0.15, 0.2) is 34.9 Å². The summed E-state index contributed by atoms with van der Waals surface area (Å²) in [7, 11) is 0. The molecule has 2 N–H and O–H groups in total. The van der Waals surface area contributed by atoms with Crippen LogP contribution in [-0.4, -0.2) is 17.0 Å². The number of carbonyl (C=O) groups is 1. The second kappa shape index (κ2) is 4.71. The minimum Gasteiger partial charge on any atom is -0.480 e. The molecular formula is C12H11BrN2O2. The lowest BCUT2D eigenvalue weighted by Crippen LogP contribution is -2.30. The summed E-state index contributed by atoms with van der Waals surface area (Å²) in [5.41, 5.74) is 6.01. The minimum absolute atomic E-state index is 0.497. The number of hydrogen-bond acceptors (Lipinski definition) is 3. The van der Waals surface area contributed by atoms with Gasteiger partial charge in [-0.05, 0) is 41.1 Å². The second-order valence-electron chi connectivity index (χ2n) is 3.61. The first kappa shape index (κ1) is 11.9. The fourth-order valence-corrected chi connectivity index (χ4v) is 2.00. The third-order valence-electron chi connectivity index (χ3n) is 2.39. The number of hydrogen-bond donors (Lipinski definition) is 1. The molecule has 1 amide bonds. The molecule has 0 aliphatic carbocycles. The molecule has 0 aliphatic heterocycles. The Morgan fingerprint density at radius 2 is 2.24 bits per heavy atom. The molecule has 4 nitrogen and oxygen atoms in total. The van der Waals surface area contributed by atoms with Gasteiger partial charge < -0.3 is 10.5 Å². The zero-order valence-electron chi connectivity index (χ0n) is 9.18. The van der Waals surface area contributed by atoms with Crippen molar-refractivity contribution >= 4 is 32.7 Å². The predicted molar refractivity (Wildman–Crippen MR) is 68.7 cm³/mol. The number of nitrogens with two attached hydrogens (primary N) is 1. The van der Waals surface area contributed by atoms with Gasteiger partial charge in [-0.25, -0.2) is 0 Å². The van der Waals surface area contributed by atoms with Crippen LogP contribution in [-0.2, 0) is 4.79 Å². The number of rotatable bonds is 3. The van der Waals surface area contributed by atoms with Gasteiger partial charge in [0, 0.05) is 11.6 Å². The number of benzene rings is 1. The maximum atomic E-state index is 10.9. The van der Waals surface area contributed by atoms with Gasteiger partial charge in [-0.2, -0.15) is 0 Å². The Kier molecular flexibility index (Phi) is 3.28. The van der Waals surface area contributed by atoms with E-state index in [4.69, 9.17) is 10.5 Å². The summed E-state index contributed by atoms with van der Waals surface area (Å²) >= 11 is 3.44. The molecule has 2 rings (SSSR count). The molecule has 88 valence electrons. The summed E-state index contributed by atoms with van der Waals surface area (Å²) in [5, 5.41) is 0.932. The Morgan fingerprint density at radius 3 is 2.94 bits per heavy atom. The van der Waals surface area contributed by atoms with Crippen LogP contribution in [0.2, 0.25) is 0 Å². The van der Waals surface area contributed by atoms with Gasteiger partial charge in [-0.3, -0.25) is 9.78 Å². The molecule has 0 fully saturated rings. The highest BCUT2D eigenvalue weighted by atomic mass is 79.9. The molecule has 0 saturated heterocycles. The summed E-state index contributed by atoms with van der Waals surface area (Å²) < 4.78 is 6.24. The van der Waals surface area contributed by atoms with Crippen LogP contribution in [0, 0.1) is 0 Å². The molecule has 5 heteroatoms. The average molecular weight is 295 g/mol. The summed E-state index contributed by atoms with van der Waals surface area (Å²) in [6.07, 6.45) is 1.06. The summed E-state index contributed by atoms with van der Waals surface area (Å²) in [6, 6.07) is 7.37. The van der Waals surface area contributed by atoms with E-state index in [9.17, 15) is 4.79 Å². The quantitative estimate of drug-likeness (QED) is 0.944. The first-order valence-corrected chi connectivity index (χ1v) is 5.88. The van der Waals surface area contributed by atoms with E-state index in [1.807, 2.05) is 18.2 Å². The Balaban J connectivity index is 2.42. The molecule has 0 spiro atoms. The highest BCUT2D eigenvalue weighted by Gasteiger charge is 2.13. The van der Waals surface area contributed by atoms with Crippen LogP contribution in [0.5, 0.6) is 5.75 Å². The van der Waals surface area contributed by atoms with Crippen LogP contribution in [0.25, 0.3) is 10.9 Å². The molecule has 1 heterocycles. The smallest absolute Gasteiger partial charge is 0.258 e. The van der Waals surface area contributed by atoms with Crippen molar-refractivity contribution < 1.29 is 9.53 Å². The topological polar surface area (TPSA) is 65.2 Å². The first-order valence-electron chi connectivity index (χ1n) is 5.09. The second-order valence-corrected chi connectivity index (χ2v) is 4.40. The van der Waals surface area contributed by atoms with Crippen LogP contribution in [0.1, 0.15) is 6.92 Å². The van der Waals surface area contributed by atoms with Gasteiger partial charge in [0.15, 0.2) is 6.10 Å². The Morgan fingerprint density at radius 1 is 1.47 bits per heavy atom. The molecule has 1 unspecified atom stereocenters. The number of fused-ring (bicyclic) bond motifs is 1. The van der Waals surface area contributed by atoms with Crippen molar-refractivity contribution in [2.75, 3.05) is 0 Å². The van der Waals surface area contributed by atoms with E-state index < -0.39 is 12.0 Å². The van der Waals surface area contributed by atoms with Crippen molar-refractivity contribution in [3.05, 3.63) is 34.9 Å². The van der Waals surface area contributed by atoms with E-state index in [2.05, 4.69) is 20.9 Å². The standard InChI is InChI=1S/C12H11BrN2O2/c1-7(12(14)16)17-10-5-4-9-8(11(10)13)3-2-6-15-9/h2-7H,1H3,(H2,14,16). The molecular weight excluding hydrogens is 284 g/mol. The highest BCUT2D eigenvalue weighted by Crippen LogP contribution is 2.32. The fraction of sp³-hybridized carbons (Fsp3) is 0.167. The molecule has 0 saturated carbocycles. The van der Waals surface area contributed by atoms with Crippen molar-refractivity contribution in [3.8, 4) is 5.75 Å². The fourth-order valence-electron chi connectivity index (χ4n) is 1.44. The van der Waals surface area contributed by atoms with Gasteiger partial charge in [-0.15, -0.1) is 0 Å². The first-order chi connectivity index (χ1) is 8.09. The van der Waals surface area contributed by atoms with Crippen molar-refractivity contribution in [1.29, 1.82) is 0 Å². The van der Waals surface area contributed by atoms with E-state index >= 15 is 0 Å². The van der Waals surface area contributed by atoms with Gasteiger partial charge in [0.05, 0.1) is 9.99 Å². The van der Waals surface area contributed by atoms with E-state index in [0.717, 1.165) is 15.4 Å². The van der Waals surface area contributed by atoms with Crippen molar-refractivity contribution in [2.45, 2.75) is 13.0 Å². The molecule has 1 atom stereocenters. The number of ether oxygens (including phenoxy) is 1. The molecule has 0 radical (unpaired) electrons. The third-order valence-corrected chi connectivity index (χ3v) is 3.21. The molecule has 1 aromatic heterocycles. The number of nitrogens with zero attached hydrogens (tertiary/aromatic N) is 1. The van der Waals surface area contributed by atoms with Crippen molar-refractivity contribution in [1.82, 2.24) is 4.98 Å². The predicted octanol–water partition coefficient (Wildman–Crippen LogP) is 2.25. The Hall–Kier alpha value is -1.62. The zero-order chi connectivity index (χ0) is 12.4. The number of pyridine rings is 1. The third kappa shape index (κ3) is 2.39. The van der Waals surface area contributed by atoms with Gasteiger partial charge in [0.1, 0.15) is 5.75 Å². The molecule has 1 aromatic carbocycles. The lowest BCUT2D eigenvalue weighted by atomic mass is 10.2. The van der Waals surface area contributed by atoms with Crippen molar-refractivity contribution in [2.24, 2.45) is 5.73 Å². The number of primary amides is 1.